The largest absolute Gasteiger partial charge is 0.427 e. The lowest BCUT2D eigenvalue weighted by atomic mass is 9.88. The first-order chi connectivity index (χ1) is 12.1. The Balaban J connectivity index is 2.40. The third-order valence-corrected chi connectivity index (χ3v) is 3.43. The van der Waals surface area contributed by atoms with Crippen LogP contribution in [0.3, 0.4) is 0 Å². The lowest BCUT2D eigenvalue weighted by Crippen LogP contribution is -2.04. The van der Waals surface area contributed by atoms with Crippen molar-refractivity contribution in [3.8, 4) is 11.5 Å². The number of rotatable bonds is 4. The van der Waals surface area contributed by atoms with Gasteiger partial charge < -0.3 is 9.47 Å². The Labute approximate surface area is 154 Å². The van der Waals surface area contributed by atoms with E-state index in [1.54, 1.807) is 24.3 Å². The Morgan fingerprint density at radius 3 is 1.35 bits per heavy atom. The van der Waals surface area contributed by atoms with E-state index in [0.717, 1.165) is 16.7 Å². The van der Waals surface area contributed by atoms with E-state index in [1.165, 1.54) is 13.8 Å². The molecule has 2 aromatic carbocycles. The SMILES string of the molecule is CC(=O)Oc1ccc(C(=CC(C)(C)C)c2ccc(OC(C)=O)cc2)cc1. The van der Waals surface area contributed by atoms with Crippen molar-refractivity contribution in [3.05, 3.63) is 65.7 Å². The molecule has 0 N–H and O–H groups in total. The van der Waals surface area contributed by atoms with Crippen LogP contribution < -0.4 is 9.47 Å². The summed E-state index contributed by atoms with van der Waals surface area (Å²) < 4.78 is 10.2. The maximum Gasteiger partial charge on any atom is 0.308 e. The van der Waals surface area contributed by atoms with Crippen LogP contribution in [0.15, 0.2) is 54.6 Å². The highest BCUT2D eigenvalue weighted by atomic mass is 16.5. The topological polar surface area (TPSA) is 52.6 Å². The maximum absolute atomic E-state index is 11.1. The molecule has 4 nitrogen and oxygen atoms in total. The molecule has 2 rings (SSSR count). The summed E-state index contributed by atoms with van der Waals surface area (Å²) in [5.41, 5.74) is 3.05. The molecule has 136 valence electrons. The number of allylic oxidation sites excluding steroid dienone is 1. The molecule has 2 aromatic rings. The van der Waals surface area contributed by atoms with Gasteiger partial charge in [0.05, 0.1) is 0 Å². The molecule has 0 unspecified atom stereocenters. The predicted octanol–water partition coefficient (Wildman–Crippen LogP) is 5.02. The molecule has 0 atom stereocenters. The van der Waals surface area contributed by atoms with Crippen molar-refractivity contribution >= 4 is 17.5 Å². The van der Waals surface area contributed by atoms with Gasteiger partial charge in [0.2, 0.25) is 0 Å². The minimum atomic E-state index is -0.343. The number of ether oxygens (including phenoxy) is 2. The highest BCUT2D eigenvalue weighted by Crippen LogP contribution is 2.31. The molecular weight excluding hydrogens is 328 g/mol. The number of hydrogen-bond acceptors (Lipinski definition) is 4. The van der Waals surface area contributed by atoms with Gasteiger partial charge in [-0.25, -0.2) is 0 Å². The number of carbonyl (C=O) groups excluding carboxylic acids is 2. The number of hydrogen-bond donors (Lipinski definition) is 0. The van der Waals surface area contributed by atoms with Crippen molar-refractivity contribution in [1.82, 2.24) is 0 Å². The monoisotopic (exact) mass is 352 g/mol. The minimum Gasteiger partial charge on any atom is -0.427 e. The molecule has 0 aromatic heterocycles. The quantitative estimate of drug-likeness (QED) is 0.573. The van der Waals surface area contributed by atoms with Crippen molar-refractivity contribution in [1.29, 1.82) is 0 Å². The van der Waals surface area contributed by atoms with Gasteiger partial charge in [-0.1, -0.05) is 51.1 Å². The second-order valence-corrected chi connectivity index (χ2v) is 7.16. The van der Waals surface area contributed by atoms with E-state index in [-0.39, 0.29) is 17.4 Å². The second-order valence-electron chi connectivity index (χ2n) is 7.16. The molecule has 26 heavy (non-hydrogen) atoms. The molecule has 0 saturated heterocycles. The van der Waals surface area contributed by atoms with Crippen molar-refractivity contribution in [3.63, 3.8) is 0 Å². The van der Waals surface area contributed by atoms with Gasteiger partial charge in [-0.2, -0.15) is 0 Å². The molecule has 0 spiro atoms. The van der Waals surface area contributed by atoms with Crippen LogP contribution in [0, 0.1) is 5.41 Å². The molecule has 0 heterocycles. The second kappa shape index (κ2) is 8.00. The fourth-order valence-electron chi connectivity index (χ4n) is 2.50. The Morgan fingerprint density at radius 1 is 0.731 bits per heavy atom. The summed E-state index contributed by atoms with van der Waals surface area (Å²) in [6.07, 6.45) is 2.19. The minimum absolute atomic E-state index is 0.0293. The average Bonchev–Trinajstić information content (AvgIpc) is 2.52. The molecule has 0 aliphatic heterocycles. The summed E-state index contributed by atoms with van der Waals surface area (Å²) in [7, 11) is 0. The summed E-state index contributed by atoms with van der Waals surface area (Å²) in [6.45, 7) is 9.15. The average molecular weight is 352 g/mol. The molecule has 0 radical (unpaired) electrons. The number of carbonyl (C=O) groups is 2. The van der Waals surface area contributed by atoms with Crippen molar-refractivity contribution in [2.75, 3.05) is 0 Å². The standard InChI is InChI=1S/C22H24O4/c1-15(23)25-19-10-6-17(7-11-19)21(14-22(3,4)5)18-8-12-20(13-9-18)26-16(2)24/h6-14H,1-5H3. The Kier molecular flexibility index (Phi) is 5.98. The van der Waals surface area contributed by atoms with Gasteiger partial charge in [-0.05, 0) is 46.4 Å². The summed E-state index contributed by atoms with van der Waals surface area (Å²) in [5, 5.41) is 0. The lowest BCUT2D eigenvalue weighted by Gasteiger charge is -2.18. The summed E-state index contributed by atoms with van der Waals surface area (Å²) >= 11 is 0. The normalized spacial score (nSPS) is 10.8. The third-order valence-electron chi connectivity index (χ3n) is 3.43. The number of benzene rings is 2. The van der Waals surface area contributed by atoms with Crippen molar-refractivity contribution in [2.45, 2.75) is 34.6 Å². The molecule has 4 heteroatoms. The van der Waals surface area contributed by atoms with E-state index in [2.05, 4.69) is 26.8 Å². The molecular formula is C22H24O4. The fourth-order valence-corrected chi connectivity index (χ4v) is 2.50. The van der Waals surface area contributed by atoms with Crippen LogP contribution in [0.25, 0.3) is 5.57 Å². The van der Waals surface area contributed by atoms with E-state index in [0.29, 0.717) is 11.5 Å². The Bertz CT molecular complexity index is 745. The molecule has 0 aliphatic carbocycles. The first-order valence-corrected chi connectivity index (χ1v) is 8.44. The van der Waals surface area contributed by atoms with Gasteiger partial charge in [-0.15, -0.1) is 0 Å². The Morgan fingerprint density at radius 2 is 1.08 bits per heavy atom. The van der Waals surface area contributed by atoms with Crippen LogP contribution in [0.4, 0.5) is 0 Å². The zero-order valence-corrected chi connectivity index (χ0v) is 15.8. The van der Waals surface area contributed by atoms with Gasteiger partial charge in [0, 0.05) is 13.8 Å². The highest BCUT2D eigenvalue weighted by Gasteiger charge is 2.13. The maximum atomic E-state index is 11.1. The smallest absolute Gasteiger partial charge is 0.308 e. The molecule has 0 bridgehead atoms. The highest BCUT2D eigenvalue weighted by molar-refractivity contribution is 5.81. The van der Waals surface area contributed by atoms with Crippen LogP contribution >= 0.6 is 0 Å². The van der Waals surface area contributed by atoms with Crippen LogP contribution in [-0.4, -0.2) is 11.9 Å². The predicted molar refractivity (Wildman–Crippen MR) is 102 cm³/mol. The van der Waals surface area contributed by atoms with E-state index in [1.807, 2.05) is 24.3 Å². The lowest BCUT2D eigenvalue weighted by molar-refractivity contribution is -0.132. The molecule has 0 fully saturated rings. The van der Waals surface area contributed by atoms with Crippen LogP contribution in [0.1, 0.15) is 45.7 Å². The first-order valence-electron chi connectivity index (χ1n) is 8.44. The van der Waals surface area contributed by atoms with Crippen molar-refractivity contribution in [2.24, 2.45) is 5.41 Å². The summed E-state index contributed by atoms with van der Waals surface area (Å²) in [5.74, 6) is 0.344. The molecule has 0 aliphatic rings. The van der Waals surface area contributed by atoms with Gasteiger partial charge >= 0.3 is 11.9 Å². The molecule has 0 saturated carbocycles. The van der Waals surface area contributed by atoms with E-state index in [4.69, 9.17) is 9.47 Å². The van der Waals surface area contributed by atoms with Gasteiger partial charge in [-0.3, -0.25) is 9.59 Å². The van der Waals surface area contributed by atoms with Crippen LogP contribution in [-0.2, 0) is 9.59 Å². The summed E-state index contributed by atoms with van der Waals surface area (Å²) in [4.78, 5) is 22.2. The fraction of sp³-hybridized carbons (Fsp3) is 0.273. The first kappa shape index (κ1) is 19.4. The van der Waals surface area contributed by atoms with Crippen LogP contribution in [0.5, 0.6) is 11.5 Å². The van der Waals surface area contributed by atoms with Gasteiger partial charge in [0.15, 0.2) is 0 Å². The van der Waals surface area contributed by atoms with Gasteiger partial charge in [0.1, 0.15) is 11.5 Å². The Hall–Kier alpha value is -2.88. The van der Waals surface area contributed by atoms with E-state index in [9.17, 15) is 9.59 Å². The van der Waals surface area contributed by atoms with Crippen LogP contribution in [0.2, 0.25) is 0 Å². The molecule has 0 amide bonds. The summed E-state index contributed by atoms with van der Waals surface area (Å²) in [6, 6.07) is 14.8. The van der Waals surface area contributed by atoms with E-state index < -0.39 is 0 Å². The van der Waals surface area contributed by atoms with Crippen molar-refractivity contribution < 1.29 is 19.1 Å². The van der Waals surface area contributed by atoms with Gasteiger partial charge in [0.25, 0.3) is 0 Å². The zero-order chi connectivity index (χ0) is 19.3. The zero-order valence-electron chi connectivity index (χ0n) is 15.8. The van der Waals surface area contributed by atoms with E-state index >= 15 is 0 Å². The number of esters is 2. The third kappa shape index (κ3) is 5.88.